The van der Waals surface area contributed by atoms with Crippen LogP contribution in [0.15, 0.2) is 88.7 Å². The van der Waals surface area contributed by atoms with Crippen molar-refractivity contribution in [3.05, 3.63) is 107 Å². The van der Waals surface area contributed by atoms with E-state index < -0.39 is 5.97 Å². The number of aryl methyl sites for hydroxylation is 2. The molecule has 0 aliphatic rings. The van der Waals surface area contributed by atoms with Gasteiger partial charge in [0, 0.05) is 27.0 Å². The van der Waals surface area contributed by atoms with Crippen molar-refractivity contribution < 1.29 is 30.3 Å². The maximum atomic E-state index is 10.3. The zero-order valence-corrected chi connectivity index (χ0v) is 26.4. The molecule has 0 aliphatic carbocycles. The number of hydrogen-bond acceptors (Lipinski definition) is 6. The van der Waals surface area contributed by atoms with Gasteiger partial charge in [-0.2, -0.15) is 0 Å². The van der Waals surface area contributed by atoms with Gasteiger partial charge in [-0.05, 0) is 84.3 Å². The summed E-state index contributed by atoms with van der Waals surface area (Å²) in [5.74, 6) is 0.00455. The van der Waals surface area contributed by atoms with Crippen molar-refractivity contribution in [1.82, 2.24) is 0 Å². The minimum absolute atomic E-state index is 0.0880. The highest BCUT2D eigenvalue weighted by Gasteiger charge is 2.22. The van der Waals surface area contributed by atoms with E-state index in [4.69, 9.17) is 15.3 Å². The number of benzene rings is 4. The first-order valence-electron chi connectivity index (χ1n) is 13.5. The number of aromatic hydroxyl groups is 4. The van der Waals surface area contributed by atoms with E-state index in [1.807, 2.05) is 26.0 Å². The van der Waals surface area contributed by atoms with Crippen LogP contribution in [0.5, 0.6) is 23.0 Å². The van der Waals surface area contributed by atoms with Crippen molar-refractivity contribution in [3.63, 3.8) is 0 Å². The second-order valence-electron chi connectivity index (χ2n) is 12.1. The molecule has 0 saturated carbocycles. The molecule has 0 heterocycles. The SMILES string of the molecule is Cc1cc(O)c(C(C)(C)C)cc1Sc1cc(C(C)(C)C)c(O)cc1C.O=C(O)c1ccccc1.Oc1cccc(O)c1. The van der Waals surface area contributed by atoms with Gasteiger partial charge in [-0.25, -0.2) is 4.79 Å². The van der Waals surface area contributed by atoms with Crippen LogP contribution in [0.4, 0.5) is 0 Å². The van der Waals surface area contributed by atoms with Gasteiger partial charge in [-0.3, -0.25) is 0 Å². The summed E-state index contributed by atoms with van der Waals surface area (Å²) in [5.41, 5.74) is 4.11. The molecule has 42 heavy (non-hydrogen) atoms. The monoisotopic (exact) mass is 590 g/mol. The molecule has 4 aromatic carbocycles. The second-order valence-corrected chi connectivity index (χ2v) is 13.1. The highest BCUT2D eigenvalue weighted by molar-refractivity contribution is 7.99. The third kappa shape index (κ3) is 10.1. The lowest BCUT2D eigenvalue weighted by molar-refractivity contribution is 0.0697. The quantitative estimate of drug-likeness (QED) is 0.162. The Labute approximate surface area is 253 Å². The highest BCUT2D eigenvalue weighted by atomic mass is 32.2. The minimum atomic E-state index is -0.879. The fourth-order valence-electron chi connectivity index (χ4n) is 3.96. The molecule has 0 amide bonds. The van der Waals surface area contributed by atoms with E-state index in [0.29, 0.717) is 17.1 Å². The largest absolute Gasteiger partial charge is 0.508 e. The first kappa shape index (κ1) is 34.1. The first-order chi connectivity index (χ1) is 19.4. The maximum Gasteiger partial charge on any atom is 0.335 e. The van der Waals surface area contributed by atoms with Gasteiger partial charge in [0.05, 0.1) is 5.56 Å². The number of carbonyl (C=O) groups is 1. The fourth-order valence-corrected chi connectivity index (χ4v) is 4.99. The van der Waals surface area contributed by atoms with Gasteiger partial charge in [0.15, 0.2) is 0 Å². The smallest absolute Gasteiger partial charge is 0.335 e. The number of carboxylic acids is 1. The first-order valence-corrected chi connectivity index (χ1v) is 14.3. The predicted octanol–water partition coefficient (Wildman–Crippen LogP) is 8.94. The van der Waals surface area contributed by atoms with Gasteiger partial charge in [0.2, 0.25) is 0 Å². The summed E-state index contributed by atoms with van der Waals surface area (Å²) in [6.07, 6.45) is 0. The van der Waals surface area contributed by atoms with Crippen LogP contribution < -0.4 is 0 Å². The van der Waals surface area contributed by atoms with Crippen LogP contribution in [0.3, 0.4) is 0 Å². The summed E-state index contributed by atoms with van der Waals surface area (Å²) in [7, 11) is 0. The van der Waals surface area contributed by atoms with Gasteiger partial charge in [0.1, 0.15) is 23.0 Å². The van der Waals surface area contributed by atoms with Crippen LogP contribution in [0.25, 0.3) is 0 Å². The Morgan fingerprint density at radius 1 is 0.595 bits per heavy atom. The van der Waals surface area contributed by atoms with E-state index in [2.05, 4.69) is 53.7 Å². The summed E-state index contributed by atoms with van der Waals surface area (Å²) in [4.78, 5) is 12.5. The molecule has 5 N–H and O–H groups in total. The highest BCUT2D eigenvalue weighted by Crippen LogP contribution is 2.42. The molecule has 0 spiro atoms. The number of rotatable bonds is 3. The number of hydrogen-bond donors (Lipinski definition) is 5. The molecule has 7 heteroatoms. The van der Waals surface area contributed by atoms with Gasteiger partial charge in [-0.15, -0.1) is 0 Å². The van der Waals surface area contributed by atoms with Crippen molar-refractivity contribution in [1.29, 1.82) is 0 Å². The van der Waals surface area contributed by atoms with E-state index in [1.165, 1.54) is 18.2 Å². The molecule has 0 bridgehead atoms. The van der Waals surface area contributed by atoms with Crippen LogP contribution in [0.1, 0.15) is 74.2 Å². The van der Waals surface area contributed by atoms with Gasteiger partial charge in [0.25, 0.3) is 0 Å². The van der Waals surface area contributed by atoms with Crippen LogP contribution in [0.2, 0.25) is 0 Å². The number of aromatic carboxylic acids is 1. The molecule has 4 rings (SSSR count). The normalized spacial score (nSPS) is 11.0. The van der Waals surface area contributed by atoms with E-state index in [1.54, 1.807) is 48.2 Å². The minimum Gasteiger partial charge on any atom is -0.508 e. The standard InChI is InChI=1S/C22H30O2S.C7H6O2.C6H6O2/c1-13-9-17(23)15(21(3,4)5)11-19(13)25-20-12-16(22(6,7)8)18(24)10-14(20)2;8-7(9)6-4-2-1-3-5-6;7-5-2-1-3-6(8)4-5/h9-12,23-24H,1-8H3;1-5H,(H,8,9);1-4,7-8H. The molecule has 0 saturated heterocycles. The average molecular weight is 591 g/mol. The Hall–Kier alpha value is -4.10. The summed E-state index contributed by atoms with van der Waals surface area (Å²) in [5, 5.41) is 46.3. The van der Waals surface area contributed by atoms with Crippen LogP contribution in [-0.2, 0) is 10.8 Å². The molecule has 0 aromatic heterocycles. The zero-order chi connectivity index (χ0) is 31.8. The third-order valence-electron chi connectivity index (χ3n) is 6.27. The van der Waals surface area contributed by atoms with E-state index in [-0.39, 0.29) is 22.3 Å². The molecule has 0 unspecified atom stereocenters. The Balaban J connectivity index is 0.000000292. The van der Waals surface area contributed by atoms with Crippen molar-refractivity contribution in [2.75, 3.05) is 0 Å². The lowest BCUT2D eigenvalue weighted by Crippen LogP contribution is -2.12. The van der Waals surface area contributed by atoms with Gasteiger partial charge >= 0.3 is 5.97 Å². The molecule has 0 fully saturated rings. The third-order valence-corrected chi connectivity index (χ3v) is 7.59. The van der Waals surface area contributed by atoms with E-state index in [9.17, 15) is 15.0 Å². The Morgan fingerprint density at radius 3 is 1.29 bits per heavy atom. The Kier molecular flexibility index (Phi) is 11.5. The lowest BCUT2D eigenvalue weighted by Gasteiger charge is -2.24. The van der Waals surface area contributed by atoms with E-state index in [0.717, 1.165) is 32.0 Å². The Bertz CT molecular complexity index is 1410. The number of phenolic OH excluding ortho intramolecular Hbond substituents is 4. The van der Waals surface area contributed by atoms with Crippen LogP contribution >= 0.6 is 11.8 Å². The predicted molar refractivity (Wildman–Crippen MR) is 170 cm³/mol. The molecule has 0 atom stereocenters. The zero-order valence-electron chi connectivity index (χ0n) is 25.6. The molecule has 4 aromatic rings. The topological polar surface area (TPSA) is 118 Å². The molecule has 0 aliphatic heterocycles. The molecule has 224 valence electrons. The summed E-state index contributed by atoms with van der Waals surface area (Å²) in [6, 6.07) is 22.0. The fraction of sp³-hybridized carbons (Fsp3) is 0.286. The Morgan fingerprint density at radius 2 is 1.00 bits per heavy atom. The number of carboxylic acid groups (broad SMARTS) is 1. The molecule has 0 radical (unpaired) electrons. The molecule has 6 nitrogen and oxygen atoms in total. The van der Waals surface area contributed by atoms with Crippen molar-refractivity contribution >= 4 is 17.7 Å². The second kappa shape index (κ2) is 14.2. The summed E-state index contributed by atoms with van der Waals surface area (Å²) < 4.78 is 0. The number of phenols is 4. The van der Waals surface area contributed by atoms with Gasteiger partial charge < -0.3 is 25.5 Å². The molecular weight excluding hydrogens is 548 g/mol. The van der Waals surface area contributed by atoms with E-state index >= 15 is 0 Å². The maximum absolute atomic E-state index is 10.3. The summed E-state index contributed by atoms with van der Waals surface area (Å²) >= 11 is 1.70. The molecular formula is C35H42O6S. The average Bonchev–Trinajstić information content (AvgIpc) is 2.86. The van der Waals surface area contributed by atoms with Crippen LogP contribution in [-0.4, -0.2) is 31.5 Å². The lowest BCUT2D eigenvalue weighted by atomic mass is 9.86. The van der Waals surface area contributed by atoms with Crippen LogP contribution in [0, 0.1) is 13.8 Å². The van der Waals surface area contributed by atoms with Crippen molar-refractivity contribution in [3.8, 4) is 23.0 Å². The van der Waals surface area contributed by atoms with Crippen molar-refractivity contribution in [2.45, 2.75) is 76.0 Å². The van der Waals surface area contributed by atoms with Gasteiger partial charge in [-0.1, -0.05) is 77.6 Å². The van der Waals surface area contributed by atoms with Crippen molar-refractivity contribution in [2.24, 2.45) is 0 Å². The summed E-state index contributed by atoms with van der Waals surface area (Å²) in [6.45, 7) is 16.7.